The van der Waals surface area contributed by atoms with E-state index in [4.69, 9.17) is 4.74 Å². The van der Waals surface area contributed by atoms with Crippen LogP contribution in [-0.2, 0) is 17.8 Å². The summed E-state index contributed by atoms with van der Waals surface area (Å²) >= 11 is 0. The molecule has 0 saturated carbocycles. The molecular formula is C27H23NO5. The van der Waals surface area contributed by atoms with E-state index in [1.54, 1.807) is 24.3 Å². The van der Waals surface area contributed by atoms with Crippen LogP contribution < -0.4 is 10.1 Å². The topological polar surface area (TPSA) is 95.9 Å². The van der Waals surface area contributed by atoms with Gasteiger partial charge in [-0.25, -0.2) is 4.79 Å². The van der Waals surface area contributed by atoms with Crippen molar-refractivity contribution in [1.82, 2.24) is 5.32 Å². The van der Waals surface area contributed by atoms with Gasteiger partial charge in [0.1, 0.15) is 24.1 Å². The van der Waals surface area contributed by atoms with Crippen molar-refractivity contribution in [1.29, 1.82) is 0 Å². The number of phenols is 1. The number of carboxylic acid groups (broad SMARTS) is 1. The van der Waals surface area contributed by atoms with Crippen molar-refractivity contribution in [3.8, 4) is 11.5 Å². The molecule has 6 nitrogen and oxygen atoms in total. The number of fused-ring (bicyclic) bond motifs is 1. The van der Waals surface area contributed by atoms with Gasteiger partial charge in [0.25, 0.3) is 5.91 Å². The highest BCUT2D eigenvalue weighted by molar-refractivity contribution is 6.00. The van der Waals surface area contributed by atoms with Gasteiger partial charge in [-0.3, -0.25) is 4.79 Å². The summed E-state index contributed by atoms with van der Waals surface area (Å²) in [4.78, 5) is 24.4. The Morgan fingerprint density at radius 1 is 0.818 bits per heavy atom. The third kappa shape index (κ3) is 5.68. The summed E-state index contributed by atoms with van der Waals surface area (Å²) in [5.74, 6) is -0.855. The SMILES string of the molecule is O=C(N[C@@H](Cc1cccc(O)c1)C(=O)O)c1ccc2cc(OCc3ccccc3)ccc2c1. The van der Waals surface area contributed by atoms with Gasteiger partial charge < -0.3 is 20.3 Å². The molecule has 0 unspecified atom stereocenters. The lowest BCUT2D eigenvalue weighted by molar-refractivity contribution is -0.139. The molecule has 0 aliphatic carbocycles. The molecular weight excluding hydrogens is 418 g/mol. The molecule has 1 atom stereocenters. The molecule has 4 rings (SSSR count). The molecule has 0 heterocycles. The van der Waals surface area contributed by atoms with Crippen LogP contribution in [0.2, 0.25) is 0 Å². The van der Waals surface area contributed by atoms with E-state index in [1.807, 2.05) is 54.6 Å². The third-order valence-corrected chi connectivity index (χ3v) is 5.28. The highest BCUT2D eigenvalue weighted by atomic mass is 16.5. The number of ether oxygens (including phenoxy) is 1. The van der Waals surface area contributed by atoms with Gasteiger partial charge in [-0.15, -0.1) is 0 Å². The summed E-state index contributed by atoms with van der Waals surface area (Å²) in [7, 11) is 0. The average molecular weight is 441 g/mol. The zero-order valence-corrected chi connectivity index (χ0v) is 17.8. The Morgan fingerprint density at radius 3 is 2.30 bits per heavy atom. The van der Waals surface area contributed by atoms with Crippen molar-refractivity contribution in [2.75, 3.05) is 0 Å². The van der Waals surface area contributed by atoms with Crippen LogP contribution in [0.15, 0.2) is 91.0 Å². The Balaban J connectivity index is 1.45. The lowest BCUT2D eigenvalue weighted by atomic mass is 10.0. The monoisotopic (exact) mass is 441 g/mol. The van der Waals surface area contributed by atoms with Crippen molar-refractivity contribution in [2.24, 2.45) is 0 Å². The minimum atomic E-state index is -1.15. The zero-order valence-electron chi connectivity index (χ0n) is 17.8. The van der Waals surface area contributed by atoms with Gasteiger partial charge in [0.2, 0.25) is 0 Å². The van der Waals surface area contributed by atoms with Gasteiger partial charge in [-0.1, -0.05) is 54.6 Å². The Morgan fingerprint density at radius 2 is 1.55 bits per heavy atom. The minimum absolute atomic E-state index is 0.0459. The maximum absolute atomic E-state index is 12.7. The second-order valence-corrected chi connectivity index (χ2v) is 7.74. The van der Waals surface area contributed by atoms with Gasteiger partial charge in [0.15, 0.2) is 0 Å². The summed E-state index contributed by atoms with van der Waals surface area (Å²) in [6.45, 7) is 0.461. The van der Waals surface area contributed by atoms with E-state index in [0.717, 1.165) is 22.1 Å². The molecule has 4 aromatic carbocycles. The molecule has 0 aliphatic rings. The number of rotatable bonds is 8. The number of carbonyl (C=O) groups is 2. The van der Waals surface area contributed by atoms with Gasteiger partial charge in [-0.05, 0) is 58.3 Å². The van der Waals surface area contributed by atoms with E-state index >= 15 is 0 Å². The highest BCUT2D eigenvalue weighted by Gasteiger charge is 2.21. The molecule has 166 valence electrons. The maximum atomic E-state index is 12.7. The van der Waals surface area contributed by atoms with Crippen LogP contribution in [0.3, 0.4) is 0 Å². The van der Waals surface area contributed by atoms with Crippen LogP contribution in [0, 0.1) is 0 Å². The normalized spacial score (nSPS) is 11.6. The average Bonchev–Trinajstić information content (AvgIpc) is 2.82. The van der Waals surface area contributed by atoms with E-state index in [-0.39, 0.29) is 12.2 Å². The van der Waals surface area contributed by atoms with Gasteiger partial charge in [-0.2, -0.15) is 0 Å². The highest BCUT2D eigenvalue weighted by Crippen LogP contribution is 2.23. The van der Waals surface area contributed by atoms with Crippen LogP contribution in [-0.4, -0.2) is 28.1 Å². The standard InChI is InChI=1S/C27H23NO5/c29-23-8-4-7-19(13-23)14-25(27(31)32)28-26(30)22-10-9-21-16-24(12-11-20(21)15-22)33-17-18-5-2-1-3-6-18/h1-13,15-16,25,29H,14,17H2,(H,28,30)(H,31,32)/t25-/m0/s1. The first-order valence-corrected chi connectivity index (χ1v) is 10.5. The molecule has 4 aromatic rings. The first-order chi connectivity index (χ1) is 16.0. The second-order valence-electron chi connectivity index (χ2n) is 7.74. The summed E-state index contributed by atoms with van der Waals surface area (Å²) in [6.07, 6.45) is 0.0607. The van der Waals surface area contributed by atoms with Crippen LogP contribution in [0.5, 0.6) is 11.5 Å². The largest absolute Gasteiger partial charge is 0.508 e. The second kappa shape index (κ2) is 9.87. The van der Waals surface area contributed by atoms with Crippen molar-refractivity contribution in [2.45, 2.75) is 19.1 Å². The number of aliphatic carboxylic acids is 1. The zero-order chi connectivity index (χ0) is 23.2. The maximum Gasteiger partial charge on any atom is 0.326 e. The predicted octanol–water partition coefficient (Wildman–Crippen LogP) is 4.55. The van der Waals surface area contributed by atoms with E-state index in [1.165, 1.54) is 12.1 Å². The Kier molecular flexibility index (Phi) is 6.55. The number of nitrogens with one attached hydrogen (secondary N) is 1. The molecule has 1 amide bonds. The molecule has 0 saturated heterocycles. The number of aromatic hydroxyl groups is 1. The molecule has 33 heavy (non-hydrogen) atoms. The fraction of sp³-hybridized carbons (Fsp3) is 0.111. The van der Waals surface area contributed by atoms with E-state index < -0.39 is 17.9 Å². The van der Waals surface area contributed by atoms with Gasteiger partial charge >= 0.3 is 5.97 Å². The summed E-state index contributed by atoms with van der Waals surface area (Å²) < 4.78 is 5.86. The predicted molar refractivity (Wildman–Crippen MR) is 125 cm³/mol. The molecule has 0 fully saturated rings. The van der Waals surface area contributed by atoms with E-state index in [0.29, 0.717) is 17.7 Å². The quantitative estimate of drug-likeness (QED) is 0.373. The van der Waals surface area contributed by atoms with Crippen molar-refractivity contribution in [3.05, 3.63) is 108 Å². The molecule has 3 N–H and O–H groups in total. The summed E-state index contributed by atoms with van der Waals surface area (Å²) in [6, 6.07) is 25.9. The first-order valence-electron chi connectivity index (χ1n) is 10.5. The number of amides is 1. The minimum Gasteiger partial charge on any atom is -0.508 e. The Bertz CT molecular complexity index is 1290. The molecule has 0 bridgehead atoms. The van der Waals surface area contributed by atoms with Crippen molar-refractivity contribution < 1.29 is 24.5 Å². The lowest BCUT2D eigenvalue weighted by Gasteiger charge is -2.15. The van der Waals surface area contributed by atoms with Crippen LogP contribution in [0.1, 0.15) is 21.5 Å². The third-order valence-electron chi connectivity index (χ3n) is 5.28. The molecule has 0 spiro atoms. The van der Waals surface area contributed by atoms with E-state index in [2.05, 4.69) is 5.32 Å². The summed E-state index contributed by atoms with van der Waals surface area (Å²) in [5.41, 5.74) is 2.05. The van der Waals surface area contributed by atoms with Crippen molar-refractivity contribution in [3.63, 3.8) is 0 Å². The number of benzene rings is 4. The van der Waals surface area contributed by atoms with Crippen LogP contribution >= 0.6 is 0 Å². The first kappa shape index (κ1) is 21.9. The molecule has 0 radical (unpaired) electrons. The number of carbonyl (C=O) groups excluding carboxylic acids is 1. The van der Waals surface area contributed by atoms with Crippen LogP contribution in [0.4, 0.5) is 0 Å². The fourth-order valence-electron chi connectivity index (χ4n) is 3.56. The number of phenolic OH excluding ortho intramolecular Hbond substituents is 1. The fourth-order valence-corrected chi connectivity index (χ4v) is 3.56. The number of hydrogen-bond acceptors (Lipinski definition) is 4. The van der Waals surface area contributed by atoms with Crippen molar-refractivity contribution >= 4 is 22.6 Å². The van der Waals surface area contributed by atoms with E-state index in [9.17, 15) is 19.8 Å². The molecule has 0 aliphatic heterocycles. The van der Waals surface area contributed by atoms with Gasteiger partial charge in [0.05, 0.1) is 0 Å². The molecule has 0 aromatic heterocycles. The van der Waals surface area contributed by atoms with Crippen LogP contribution in [0.25, 0.3) is 10.8 Å². The smallest absolute Gasteiger partial charge is 0.326 e. The Labute approximate surface area is 191 Å². The summed E-state index contributed by atoms with van der Waals surface area (Å²) in [5, 5.41) is 23.5. The number of hydrogen-bond donors (Lipinski definition) is 3. The Hall–Kier alpha value is -4.32. The number of carboxylic acids is 1. The molecule has 6 heteroatoms. The lowest BCUT2D eigenvalue weighted by Crippen LogP contribution is -2.42. The van der Waals surface area contributed by atoms with Gasteiger partial charge in [0, 0.05) is 12.0 Å².